The molecule has 0 spiro atoms. The fourth-order valence-corrected chi connectivity index (χ4v) is 3.07. The van der Waals surface area contributed by atoms with Crippen LogP contribution in [0.4, 0.5) is 4.39 Å². The first kappa shape index (κ1) is 17.1. The minimum absolute atomic E-state index is 0.0134. The Morgan fingerprint density at radius 2 is 1.85 bits per heavy atom. The van der Waals surface area contributed by atoms with Crippen LogP contribution < -0.4 is 0 Å². The minimum Gasteiger partial charge on any atom is -0.419 e. The Bertz CT molecular complexity index is 867. The van der Waals surface area contributed by atoms with Gasteiger partial charge in [0.2, 0.25) is 11.8 Å². The fraction of sp³-hybridized carbons (Fsp3) is 0.263. The van der Waals surface area contributed by atoms with Gasteiger partial charge in [-0.25, -0.2) is 4.39 Å². The second kappa shape index (κ2) is 7.53. The zero-order valence-corrected chi connectivity index (χ0v) is 14.7. The van der Waals surface area contributed by atoms with E-state index < -0.39 is 0 Å². The lowest BCUT2D eigenvalue weighted by Gasteiger charge is -2.32. The van der Waals surface area contributed by atoms with Crippen LogP contribution in [0.15, 0.2) is 52.9 Å². The molecule has 5 nitrogen and oxygen atoms in total. The van der Waals surface area contributed by atoms with Crippen LogP contribution in [0.25, 0.3) is 11.5 Å². The van der Waals surface area contributed by atoms with Gasteiger partial charge in [0, 0.05) is 23.7 Å². The van der Waals surface area contributed by atoms with Crippen LogP contribution in [0.1, 0.15) is 17.6 Å². The Kier molecular flexibility index (Phi) is 4.97. The Morgan fingerprint density at radius 3 is 2.62 bits per heavy atom. The molecule has 2 aromatic carbocycles. The molecule has 3 aromatic rings. The average molecular weight is 374 g/mol. The lowest BCUT2D eigenvalue weighted by atomic mass is 10.1. The van der Waals surface area contributed by atoms with Crippen molar-refractivity contribution in [2.45, 2.75) is 12.6 Å². The molecule has 0 saturated carbocycles. The Morgan fingerprint density at radius 1 is 1.08 bits per heavy atom. The standard InChI is InChI=1S/C19H17ClFN3O2/c20-15-5-1-13(2-6-15)17-11-24(9-10-25-17)12-18-22-23-19(26-18)14-3-7-16(21)8-4-14/h1-8,17H,9-12H2/t17-/m1/s1. The van der Waals surface area contributed by atoms with Crippen molar-refractivity contribution in [2.24, 2.45) is 0 Å². The van der Waals surface area contributed by atoms with Gasteiger partial charge < -0.3 is 9.15 Å². The molecule has 0 radical (unpaired) electrons. The van der Waals surface area contributed by atoms with Gasteiger partial charge in [-0.1, -0.05) is 23.7 Å². The molecule has 0 N–H and O–H groups in total. The zero-order chi connectivity index (χ0) is 17.9. The topological polar surface area (TPSA) is 51.4 Å². The van der Waals surface area contributed by atoms with Crippen LogP contribution in [-0.2, 0) is 11.3 Å². The molecule has 1 atom stereocenters. The first-order chi connectivity index (χ1) is 12.7. The van der Waals surface area contributed by atoms with Crippen molar-refractivity contribution >= 4 is 11.6 Å². The molecule has 7 heteroatoms. The van der Waals surface area contributed by atoms with Gasteiger partial charge >= 0.3 is 0 Å². The summed E-state index contributed by atoms with van der Waals surface area (Å²) in [5, 5.41) is 8.87. The zero-order valence-electron chi connectivity index (χ0n) is 13.9. The lowest BCUT2D eigenvalue weighted by Crippen LogP contribution is -2.37. The highest BCUT2D eigenvalue weighted by Crippen LogP contribution is 2.25. The normalized spacial score (nSPS) is 18.2. The summed E-state index contributed by atoms with van der Waals surface area (Å²) in [6, 6.07) is 13.7. The number of benzene rings is 2. The monoisotopic (exact) mass is 373 g/mol. The van der Waals surface area contributed by atoms with Crippen molar-refractivity contribution in [3.8, 4) is 11.5 Å². The number of aromatic nitrogens is 2. The number of halogens is 2. The molecule has 1 saturated heterocycles. The fourth-order valence-electron chi connectivity index (χ4n) is 2.94. The van der Waals surface area contributed by atoms with E-state index in [-0.39, 0.29) is 11.9 Å². The Balaban J connectivity index is 1.42. The SMILES string of the molecule is Fc1ccc(-c2nnc(CN3CCO[C@@H](c4ccc(Cl)cc4)C3)o2)cc1. The van der Waals surface area contributed by atoms with Gasteiger partial charge in [-0.3, -0.25) is 4.90 Å². The van der Waals surface area contributed by atoms with E-state index in [9.17, 15) is 4.39 Å². The number of ether oxygens (including phenoxy) is 1. The molecule has 1 aliphatic rings. The molecule has 2 heterocycles. The molecule has 4 rings (SSSR count). The second-order valence-corrected chi connectivity index (χ2v) is 6.59. The van der Waals surface area contributed by atoms with Crippen molar-refractivity contribution in [1.82, 2.24) is 15.1 Å². The quantitative estimate of drug-likeness (QED) is 0.689. The Hall–Kier alpha value is -2.28. The predicted octanol–water partition coefficient (Wildman–Crippen LogP) is 4.10. The van der Waals surface area contributed by atoms with Crippen LogP contribution >= 0.6 is 11.6 Å². The number of nitrogens with zero attached hydrogens (tertiary/aromatic N) is 3. The van der Waals surface area contributed by atoms with Gasteiger partial charge in [0.1, 0.15) is 5.82 Å². The van der Waals surface area contributed by atoms with Gasteiger partial charge in [0.05, 0.1) is 19.3 Å². The molecule has 134 valence electrons. The molecule has 1 fully saturated rings. The van der Waals surface area contributed by atoms with Crippen LogP contribution in [0, 0.1) is 5.82 Å². The molecule has 0 aliphatic carbocycles. The van der Waals surface area contributed by atoms with E-state index in [1.165, 1.54) is 12.1 Å². The van der Waals surface area contributed by atoms with E-state index in [2.05, 4.69) is 15.1 Å². The summed E-state index contributed by atoms with van der Waals surface area (Å²) in [7, 11) is 0. The largest absolute Gasteiger partial charge is 0.419 e. The van der Waals surface area contributed by atoms with E-state index >= 15 is 0 Å². The number of hydrogen-bond acceptors (Lipinski definition) is 5. The van der Waals surface area contributed by atoms with Gasteiger partial charge in [-0.15, -0.1) is 10.2 Å². The summed E-state index contributed by atoms with van der Waals surface area (Å²) >= 11 is 5.95. The van der Waals surface area contributed by atoms with Crippen molar-refractivity contribution in [3.05, 3.63) is 70.8 Å². The van der Waals surface area contributed by atoms with Crippen molar-refractivity contribution in [3.63, 3.8) is 0 Å². The van der Waals surface area contributed by atoms with Gasteiger partial charge in [0.25, 0.3) is 0 Å². The van der Waals surface area contributed by atoms with Crippen LogP contribution in [0.3, 0.4) is 0 Å². The van der Waals surface area contributed by atoms with Crippen LogP contribution in [0.5, 0.6) is 0 Å². The van der Waals surface area contributed by atoms with Crippen LogP contribution in [-0.4, -0.2) is 34.8 Å². The predicted molar refractivity (Wildman–Crippen MR) is 95.1 cm³/mol. The smallest absolute Gasteiger partial charge is 0.247 e. The van der Waals surface area contributed by atoms with Crippen molar-refractivity contribution in [1.29, 1.82) is 0 Å². The van der Waals surface area contributed by atoms with E-state index in [1.54, 1.807) is 12.1 Å². The second-order valence-electron chi connectivity index (χ2n) is 6.15. The van der Waals surface area contributed by atoms with E-state index in [4.69, 9.17) is 20.8 Å². The van der Waals surface area contributed by atoms with Crippen molar-refractivity contribution in [2.75, 3.05) is 19.7 Å². The summed E-state index contributed by atoms with van der Waals surface area (Å²) in [5.74, 6) is 0.624. The van der Waals surface area contributed by atoms with E-state index in [0.29, 0.717) is 35.5 Å². The first-order valence-corrected chi connectivity index (χ1v) is 8.73. The third kappa shape index (κ3) is 3.93. The first-order valence-electron chi connectivity index (χ1n) is 8.35. The highest BCUT2D eigenvalue weighted by molar-refractivity contribution is 6.30. The third-order valence-corrected chi connectivity index (χ3v) is 4.56. The van der Waals surface area contributed by atoms with Gasteiger partial charge in [-0.05, 0) is 42.0 Å². The lowest BCUT2D eigenvalue weighted by molar-refractivity contribution is -0.0351. The minimum atomic E-state index is -0.296. The molecule has 1 aromatic heterocycles. The van der Waals surface area contributed by atoms with E-state index in [0.717, 1.165) is 18.7 Å². The third-order valence-electron chi connectivity index (χ3n) is 4.31. The summed E-state index contributed by atoms with van der Waals surface area (Å²) in [6.07, 6.45) is -0.0134. The molecular weight excluding hydrogens is 357 g/mol. The maximum absolute atomic E-state index is 13.0. The Labute approximate surface area is 155 Å². The molecule has 0 bridgehead atoms. The molecule has 0 unspecified atom stereocenters. The average Bonchev–Trinajstić information content (AvgIpc) is 3.11. The van der Waals surface area contributed by atoms with E-state index in [1.807, 2.05) is 24.3 Å². The summed E-state index contributed by atoms with van der Waals surface area (Å²) in [5.41, 5.74) is 1.79. The summed E-state index contributed by atoms with van der Waals surface area (Å²) in [4.78, 5) is 2.21. The molecular formula is C19H17ClFN3O2. The molecule has 1 aliphatic heterocycles. The van der Waals surface area contributed by atoms with Crippen molar-refractivity contribution < 1.29 is 13.5 Å². The van der Waals surface area contributed by atoms with Crippen LogP contribution in [0.2, 0.25) is 5.02 Å². The molecule has 26 heavy (non-hydrogen) atoms. The number of hydrogen-bond donors (Lipinski definition) is 0. The highest BCUT2D eigenvalue weighted by atomic mass is 35.5. The maximum Gasteiger partial charge on any atom is 0.247 e. The van der Waals surface area contributed by atoms with Gasteiger partial charge in [0.15, 0.2) is 0 Å². The summed E-state index contributed by atoms with van der Waals surface area (Å²) < 4.78 is 24.6. The highest BCUT2D eigenvalue weighted by Gasteiger charge is 2.23. The number of rotatable bonds is 4. The van der Waals surface area contributed by atoms with Gasteiger partial charge in [-0.2, -0.15) is 0 Å². The molecule has 0 amide bonds. The maximum atomic E-state index is 13.0. The number of morpholine rings is 1. The summed E-state index contributed by atoms with van der Waals surface area (Å²) in [6.45, 7) is 2.70.